The van der Waals surface area contributed by atoms with E-state index in [0.29, 0.717) is 0 Å². The lowest BCUT2D eigenvalue weighted by Crippen LogP contribution is -2.32. The molecule has 2 aliphatic rings. The van der Waals surface area contributed by atoms with Crippen LogP contribution in [0.15, 0.2) is 12.2 Å². The number of fused-ring (bicyclic) bond motifs is 2. The van der Waals surface area contributed by atoms with Gasteiger partial charge >= 0.3 is 0 Å². The first-order valence-electron chi connectivity index (χ1n) is 7.75. The zero-order valence-corrected chi connectivity index (χ0v) is 12.3. The van der Waals surface area contributed by atoms with E-state index in [1.165, 1.54) is 44.2 Å². The Morgan fingerprint density at radius 1 is 1.33 bits per heavy atom. The van der Waals surface area contributed by atoms with Crippen molar-refractivity contribution in [3.63, 3.8) is 0 Å². The highest BCUT2D eigenvalue weighted by Crippen LogP contribution is 2.48. The van der Waals surface area contributed by atoms with E-state index < -0.39 is 0 Å². The fourth-order valence-corrected chi connectivity index (χ4v) is 3.94. The van der Waals surface area contributed by atoms with Gasteiger partial charge in [-0.1, -0.05) is 19.9 Å². The first-order chi connectivity index (χ1) is 8.69. The van der Waals surface area contributed by atoms with Gasteiger partial charge in [-0.15, -0.1) is 0 Å². The molecule has 3 atom stereocenters. The summed E-state index contributed by atoms with van der Waals surface area (Å²) in [6, 6.07) is 0. The third kappa shape index (κ3) is 3.83. The van der Waals surface area contributed by atoms with Crippen LogP contribution in [0.1, 0.15) is 39.0 Å². The molecule has 2 rings (SSSR count). The van der Waals surface area contributed by atoms with E-state index in [1.807, 2.05) is 0 Å². The second-order valence-electron chi connectivity index (χ2n) is 6.56. The van der Waals surface area contributed by atoms with Gasteiger partial charge in [-0.3, -0.25) is 0 Å². The number of likely N-dealkylation sites (N-methyl/N-ethyl adjacent to an activating group) is 1. The zero-order valence-electron chi connectivity index (χ0n) is 12.3. The first-order valence-corrected chi connectivity index (χ1v) is 7.75. The predicted octanol–water partition coefficient (Wildman–Crippen LogP) is 2.91. The monoisotopic (exact) mass is 250 g/mol. The topological polar surface area (TPSA) is 15.3 Å². The van der Waals surface area contributed by atoms with Crippen LogP contribution in [0, 0.1) is 17.8 Å². The SMILES string of the molecule is C=C(CNCCC)CN(C)CC1CC2CCC1C2. The second-order valence-corrected chi connectivity index (χ2v) is 6.56. The molecule has 0 amide bonds. The van der Waals surface area contributed by atoms with Gasteiger partial charge in [0.05, 0.1) is 0 Å². The third-order valence-electron chi connectivity index (χ3n) is 4.73. The maximum atomic E-state index is 4.18. The minimum Gasteiger partial charge on any atom is -0.313 e. The number of hydrogen-bond acceptors (Lipinski definition) is 2. The van der Waals surface area contributed by atoms with Gasteiger partial charge in [0.1, 0.15) is 0 Å². The van der Waals surface area contributed by atoms with E-state index in [0.717, 1.165) is 37.4 Å². The normalized spacial score (nSPS) is 30.3. The quantitative estimate of drug-likeness (QED) is 0.526. The highest BCUT2D eigenvalue weighted by Gasteiger charge is 2.39. The fourth-order valence-electron chi connectivity index (χ4n) is 3.94. The van der Waals surface area contributed by atoms with Crippen LogP contribution in [-0.4, -0.2) is 38.1 Å². The van der Waals surface area contributed by atoms with Crippen molar-refractivity contribution in [2.24, 2.45) is 17.8 Å². The van der Waals surface area contributed by atoms with E-state index in [9.17, 15) is 0 Å². The summed E-state index contributed by atoms with van der Waals surface area (Å²) in [6.45, 7) is 10.8. The summed E-state index contributed by atoms with van der Waals surface area (Å²) < 4.78 is 0. The Hall–Kier alpha value is -0.340. The molecule has 3 unspecified atom stereocenters. The van der Waals surface area contributed by atoms with Gasteiger partial charge in [-0.05, 0) is 62.6 Å². The predicted molar refractivity (Wildman–Crippen MR) is 78.7 cm³/mol. The number of nitrogens with zero attached hydrogens (tertiary/aromatic N) is 1. The molecule has 18 heavy (non-hydrogen) atoms. The van der Waals surface area contributed by atoms with E-state index in [-0.39, 0.29) is 0 Å². The molecular weight excluding hydrogens is 220 g/mol. The molecule has 0 saturated heterocycles. The van der Waals surface area contributed by atoms with Crippen LogP contribution >= 0.6 is 0 Å². The van der Waals surface area contributed by atoms with Gasteiger partial charge in [0.15, 0.2) is 0 Å². The molecular formula is C16H30N2. The lowest BCUT2D eigenvalue weighted by atomic mass is 9.88. The van der Waals surface area contributed by atoms with Gasteiger partial charge in [0, 0.05) is 19.6 Å². The molecule has 0 heterocycles. The Morgan fingerprint density at radius 3 is 2.78 bits per heavy atom. The van der Waals surface area contributed by atoms with Crippen molar-refractivity contribution >= 4 is 0 Å². The number of hydrogen-bond donors (Lipinski definition) is 1. The molecule has 2 aliphatic carbocycles. The maximum Gasteiger partial charge on any atom is 0.0199 e. The van der Waals surface area contributed by atoms with Crippen LogP contribution in [0.3, 0.4) is 0 Å². The van der Waals surface area contributed by atoms with Gasteiger partial charge in [0.2, 0.25) is 0 Å². The van der Waals surface area contributed by atoms with E-state index in [1.54, 1.807) is 0 Å². The minimum absolute atomic E-state index is 0.977. The minimum atomic E-state index is 0.977. The molecule has 0 aliphatic heterocycles. The molecule has 2 bridgehead atoms. The van der Waals surface area contributed by atoms with Crippen LogP contribution in [0.2, 0.25) is 0 Å². The molecule has 1 N–H and O–H groups in total. The van der Waals surface area contributed by atoms with Gasteiger partial charge in [-0.2, -0.15) is 0 Å². The number of rotatable bonds is 8. The smallest absolute Gasteiger partial charge is 0.0199 e. The Kier molecular flexibility index (Phi) is 5.25. The summed E-state index contributed by atoms with van der Waals surface area (Å²) in [5.74, 6) is 3.09. The Bertz CT molecular complexity index is 274. The lowest BCUT2D eigenvalue weighted by Gasteiger charge is -2.27. The molecule has 0 spiro atoms. The first kappa shape index (κ1) is 14.1. The maximum absolute atomic E-state index is 4.18. The van der Waals surface area contributed by atoms with Crippen molar-refractivity contribution in [1.29, 1.82) is 0 Å². The Balaban J connectivity index is 1.62. The molecule has 2 nitrogen and oxygen atoms in total. The molecule has 0 radical (unpaired) electrons. The van der Waals surface area contributed by atoms with Crippen LogP contribution in [-0.2, 0) is 0 Å². The van der Waals surface area contributed by atoms with Gasteiger partial charge in [0.25, 0.3) is 0 Å². The molecule has 2 heteroatoms. The van der Waals surface area contributed by atoms with Crippen molar-refractivity contribution in [2.75, 3.05) is 33.2 Å². The molecule has 2 fully saturated rings. The summed E-state index contributed by atoms with van der Waals surface area (Å²) in [6.07, 6.45) is 7.24. The zero-order chi connectivity index (χ0) is 13.0. The summed E-state index contributed by atoms with van der Waals surface area (Å²) in [7, 11) is 2.26. The Labute approximate surface area is 113 Å². The van der Waals surface area contributed by atoms with Crippen LogP contribution in [0.25, 0.3) is 0 Å². The van der Waals surface area contributed by atoms with E-state index in [2.05, 4.69) is 30.8 Å². The summed E-state index contributed by atoms with van der Waals surface area (Å²) in [4.78, 5) is 2.49. The van der Waals surface area contributed by atoms with Crippen molar-refractivity contribution in [2.45, 2.75) is 39.0 Å². The molecule has 0 aromatic carbocycles. The van der Waals surface area contributed by atoms with E-state index in [4.69, 9.17) is 0 Å². The standard InChI is InChI=1S/C16H30N2/c1-4-7-17-10-13(2)11-18(3)12-16-9-14-5-6-15(16)8-14/h14-17H,2,4-12H2,1,3H3. The number of nitrogens with one attached hydrogen (secondary N) is 1. The van der Waals surface area contributed by atoms with Crippen LogP contribution < -0.4 is 5.32 Å². The van der Waals surface area contributed by atoms with Crippen LogP contribution in [0.5, 0.6) is 0 Å². The second kappa shape index (κ2) is 6.72. The van der Waals surface area contributed by atoms with Crippen LogP contribution in [0.4, 0.5) is 0 Å². The largest absolute Gasteiger partial charge is 0.313 e. The third-order valence-corrected chi connectivity index (χ3v) is 4.73. The fraction of sp³-hybridized carbons (Fsp3) is 0.875. The van der Waals surface area contributed by atoms with Crippen molar-refractivity contribution < 1.29 is 0 Å². The summed E-state index contributed by atoms with van der Waals surface area (Å²) in [5.41, 5.74) is 1.33. The van der Waals surface area contributed by atoms with Crippen molar-refractivity contribution in [3.05, 3.63) is 12.2 Å². The highest BCUT2D eigenvalue weighted by molar-refractivity contribution is 5.00. The van der Waals surface area contributed by atoms with Gasteiger partial charge in [-0.25, -0.2) is 0 Å². The molecule has 0 aromatic heterocycles. The van der Waals surface area contributed by atoms with Crippen molar-refractivity contribution in [1.82, 2.24) is 10.2 Å². The molecule has 104 valence electrons. The molecule has 0 aromatic rings. The van der Waals surface area contributed by atoms with Gasteiger partial charge < -0.3 is 10.2 Å². The van der Waals surface area contributed by atoms with E-state index >= 15 is 0 Å². The summed E-state index contributed by atoms with van der Waals surface area (Å²) in [5, 5.41) is 3.43. The average molecular weight is 250 g/mol. The highest BCUT2D eigenvalue weighted by atomic mass is 15.1. The molecule has 2 saturated carbocycles. The average Bonchev–Trinajstić information content (AvgIpc) is 2.91. The summed E-state index contributed by atoms with van der Waals surface area (Å²) >= 11 is 0. The van der Waals surface area contributed by atoms with Crippen molar-refractivity contribution in [3.8, 4) is 0 Å². The lowest BCUT2D eigenvalue weighted by molar-refractivity contribution is 0.230. The Morgan fingerprint density at radius 2 is 2.17 bits per heavy atom.